The number of hydrogen-bond donors (Lipinski definition) is 0. The summed E-state index contributed by atoms with van der Waals surface area (Å²) in [4.78, 5) is 13.2. The van der Waals surface area contributed by atoms with Crippen LogP contribution in [-0.4, -0.2) is 5.78 Å². The van der Waals surface area contributed by atoms with Crippen LogP contribution in [0.2, 0.25) is 0 Å². The zero-order valence-electron chi connectivity index (χ0n) is 14.1. The van der Waals surface area contributed by atoms with Gasteiger partial charge in [0.2, 0.25) is 0 Å². The number of hydrogen-bond acceptors (Lipinski definition) is 2. The van der Waals surface area contributed by atoms with Crippen LogP contribution in [0.25, 0.3) is 0 Å². The fourth-order valence-corrected chi connectivity index (χ4v) is 3.74. The molecule has 2 aromatic carbocycles. The van der Waals surface area contributed by atoms with Gasteiger partial charge in [0.25, 0.3) is 0 Å². The molecule has 2 aromatic rings. The molecule has 0 aliphatic carbocycles. The monoisotopic (exact) mass is 312 g/mol. The molecule has 0 aliphatic heterocycles. The summed E-state index contributed by atoms with van der Waals surface area (Å²) >= 11 is 1.83. The lowest BCUT2D eigenvalue weighted by atomic mass is 10.0. The maximum absolute atomic E-state index is 11.9. The number of thioether (sulfide) groups is 1. The fraction of sp³-hybridized carbons (Fsp3) is 0.350. The Morgan fingerprint density at radius 2 is 1.55 bits per heavy atom. The third kappa shape index (κ3) is 4.01. The first kappa shape index (κ1) is 16.8. The molecule has 0 atom stereocenters. The first-order chi connectivity index (χ1) is 10.4. The van der Waals surface area contributed by atoms with Crippen molar-refractivity contribution in [2.24, 2.45) is 5.92 Å². The Balaban J connectivity index is 2.08. The van der Waals surface area contributed by atoms with E-state index in [-0.39, 0.29) is 11.7 Å². The molecule has 0 N–H and O–H groups in total. The molecular formula is C20H24OS. The van der Waals surface area contributed by atoms with E-state index in [1.54, 1.807) is 0 Å². The Kier molecular flexibility index (Phi) is 5.47. The molecule has 0 saturated carbocycles. The van der Waals surface area contributed by atoms with Crippen molar-refractivity contribution in [3.63, 3.8) is 0 Å². The summed E-state index contributed by atoms with van der Waals surface area (Å²) in [6.07, 6.45) is 0. The Morgan fingerprint density at radius 3 is 2.05 bits per heavy atom. The lowest BCUT2D eigenvalue weighted by Crippen LogP contribution is -2.06. The maximum atomic E-state index is 11.9. The molecule has 0 radical (unpaired) electrons. The van der Waals surface area contributed by atoms with E-state index in [4.69, 9.17) is 0 Å². The Labute approximate surface area is 138 Å². The van der Waals surface area contributed by atoms with E-state index in [0.717, 1.165) is 11.3 Å². The van der Waals surface area contributed by atoms with Gasteiger partial charge < -0.3 is 0 Å². The second kappa shape index (κ2) is 7.15. The van der Waals surface area contributed by atoms with E-state index in [9.17, 15) is 4.79 Å². The van der Waals surface area contributed by atoms with E-state index in [1.807, 2.05) is 37.7 Å². The van der Waals surface area contributed by atoms with Crippen LogP contribution in [0.1, 0.15) is 46.5 Å². The van der Waals surface area contributed by atoms with Gasteiger partial charge in [0.05, 0.1) is 0 Å². The number of carbonyl (C=O) groups excluding carboxylic acids is 1. The molecule has 0 amide bonds. The molecule has 0 aliphatic rings. The van der Waals surface area contributed by atoms with Crippen molar-refractivity contribution in [2.75, 3.05) is 0 Å². The van der Waals surface area contributed by atoms with Crippen LogP contribution in [0.4, 0.5) is 0 Å². The van der Waals surface area contributed by atoms with E-state index in [1.165, 1.54) is 27.1 Å². The van der Waals surface area contributed by atoms with E-state index >= 15 is 0 Å². The van der Waals surface area contributed by atoms with Gasteiger partial charge >= 0.3 is 0 Å². The van der Waals surface area contributed by atoms with Crippen LogP contribution in [-0.2, 0) is 5.75 Å². The number of benzene rings is 2. The smallest absolute Gasteiger partial charge is 0.165 e. The molecule has 0 spiro atoms. The summed E-state index contributed by atoms with van der Waals surface area (Å²) in [6, 6.07) is 12.5. The zero-order chi connectivity index (χ0) is 16.3. The summed E-state index contributed by atoms with van der Waals surface area (Å²) in [7, 11) is 0. The number of aryl methyl sites for hydroxylation is 3. The fourth-order valence-electron chi connectivity index (χ4n) is 2.64. The molecule has 0 aromatic heterocycles. The average molecular weight is 312 g/mol. The van der Waals surface area contributed by atoms with Gasteiger partial charge in [-0.3, -0.25) is 4.79 Å². The van der Waals surface area contributed by atoms with E-state index < -0.39 is 0 Å². The van der Waals surface area contributed by atoms with Gasteiger partial charge in [-0.05, 0) is 49.6 Å². The van der Waals surface area contributed by atoms with Crippen molar-refractivity contribution < 1.29 is 4.79 Å². The average Bonchev–Trinajstić information content (AvgIpc) is 2.46. The molecule has 22 heavy (non-hydrogen) atoms. The van der Waals surface area contributed by atoms with Crippen molar-refractivity contribution in [1.29, 1.82) is 0 Å². The molecule has 1 nitrogen and oxygen atoms in total. The standard InChI is InChI=1S/C20H24OS/c1-13(2)20(21)17-6-8-18(9-7-17)22-12-19-15(4)10-14(3)11-16(19)5/h6-11,13H,12H2,1-5H3. The van der Waals surface area contributed by atoms with Gasteiger partial charge in [0.15, 0.2) is 5.78 Å². The third-order valence-corrected chi connectivity index (χ3v) is 4.93. The lowest BCUT2D eigenvalue weighted by Gasteiger charge is -2.11. The summed E-state index contributed by atoms with van der Waals surface area (Å²) < 4.78 is 0. The largest absolute Gasteiger partial charge is 0.294 e. The van der Waals surface area contributed by atoms with Crippen LogP contribution in [0.15, 0.2) is 41.3 Å². The maximum Gasteiger partial charge on any atom is 0.165 e. The molecule has 0 saturated heterocycles. The van der Waals surface area contributed by atoms with E-state index in [0.29, 0.717) is 0 Å². The predicted molar refractivity (Wildman–Crippen MR) is 95.8 cm³/mol. The van der Waals surface area contributed by atoms with Gasteiger partial charge in [-0.15, -0.1) is 11.8 Å². The van der Waals surface area contributed by atoms with Crippen molar-refractivity contribution in [2.45, 2.75) is 45.3 Å². The molecule has 0 heterocycles. The molecule has 0 fully saturated rings. The highest BCUT2D eigenvalue weighted by Crippen LogP contribution is 2.27. The zero-order valence-corrected chi connectivity index (χ0v) is 14.9. The highest BCUT2D eigenvalue weighted by atomic mass is 32.2. The minimum absolute atomic E-state index is 0.0522. The van der Waals surface area contributed by atoms with Gasteiger partial charge in [-0.1, -0.05) is 43.7 Å². The third-order valence-electron chi connectivity index (χ3n) is 3.89. The molecule has 0 unspecified atom stereocenters. The van der Waals surface area contributed by atoms with Crippen LogP contribution >= 0.6 is 11.8 Å². The van der Waals surface area contributed by atoms with Crippen molar-refractivity contribution >= 4 is 17.5 Å². The Bertz CT molecular complexity index is 646. The first-order valence-electron chi connectivity index (χ1n) is 7.72. The van der Waals surface area contributed by atoms with Crippen molar-refractivity contribution in [1.82, 2.24) is 0 Å². The Morgan fingerprint density at radius 1 is 1.00 bits per heavy atom. The topological polar surface area (TPSA) is 17.1 Å². The highest BCUT2D eigenvalue weighted by Gasteiger charge is 2.10. The minimum Gasteiger partial charge on any atom is -0.294 e. The van der Waals surface area contributed by atoms with Gasteiger partial charge in [0.1, 0.15) is 0 Å². The SMILES string of the molecule is Cc1cc(C)c(CSc2ccc(C(=O)C(C)C)cc2)c(C)c1. The predicted octanol–water partition coefficient (Wildman–Crippen LogP) is 5.74. The van der Waals surface area contributed by atoms with Gasteiger partial charge in [-0.25, -0.2) is 0 Å². The number of ketones is 1. The van der Waals surface area contributed by atoms with Crippen molar-refractivity contribution in [3.8, 4) is 0 Å². The van der Waals surface area contributed by atoms with Crippen LogP contribution < -0.4 is 0 Å². The minimum atomic E-state index is 0.0522. The molecule has 0 bridgehead atoms. The van der Waals surface area contributed by atoms with Crippen LogP contribution in [0.3, 0.4) is 0 Å². The van der Waals surface area contributed by atoms with Crippen LogP contribution in [0.5, 0.6) is 0 Å². The first-order valence-corrected chi connectivity index (χ1v) is 8.71. The molecule has 116 valence electrons. The normalized spacial score (nSPS) is 11.0. The second-order valence-electron chi connectivity index (χ2n) is 6.21. The van der Waals surface area contributed by atoms with Crippen LogP contribution in [0, 0.1) is 26.7 Å². The number of carbonyl (C=O) groups is 1. The molecule has 2 heteroatoms. The molecular weight excluding hydrogens is 288 g/mol. The molecule has 2 rings (SSSR count). The van der Waals surface area contributed by atoms with Gasteiger partial charge in [-0.2, -0.15) is 0 Å². The van der Waals surface area contributed by atoms with E-state index in [2.05, 4.69) is 45.0 Å². The number of Topliss-reactive ketones (excluding diaryl/α,β-unsaturated/α-hetero) is 1. The van der Waals surface area contributed by atoms with Crippen molar-refractivity contribution in [3.05, 3.63) is 64.2 Å². The summed E-state index contributed by atoms with van der Waals surface area (Å²) in [5, 5.41) is 0. The summed E-state index contributed by atoms with van der Waals surface area (Å²) in [5.41, 5.74) is 6.26. The second-order valence-corrected chi connectivity index (χ2v) is 7.26. The Hall–Kier alpha value is -1.54. The summed E-state index contributed by atoms with van der Waals surface area (Å²) in [5.74, 6) is 1.23. The summed E-state index contributed by atoms with van der Waals surface area (Å²) in [6.45, 7) is 10.4. The lowest BCUT2D eigenvalue weighted by molar-refractivity contribution is 0.0939. The number of rotatable bonds is 5. The van der Waals surface area contributed by atoms with Gasteiger partial charge in [0, 0.05) is 22.1 Å². The highest BCUT2D eigenvalue weighted by molar-refractivity contribution is 7.98. The quantitative estimate of drug-likeness (QED) is 0.517.